The largest absolute Gasteiger partial charge is 0.326 e. The fourth-order valence-corrected chi connectivity index (χ4v) is 4.33. The van der Waals surface area contributed by atoms with E-state index in [4.69, 9.17) is 11.6 Å². The fraction of sp³-hybridized carbons (Fsp3) is 0.381. The minimum Gasteiger partial charge on any atom is -0.326 e. The summed E-state index contributed by atoms with van der Waals surface area (Å²) in [6.07, 6.45) is 3.02. The summed E-state index contributed by atoms with van der Waals surface area (Å²) in [6.45, 7) is 2.89. The van der Waals surface area contributed by atoms with E-state index in [0.717, 1.165) is 43.9 Å². The van der Waals surface area contributed by atoms with Gasteiger partial charge in [-0.15, -0.1) is 0 Å². The van der Waals surface area contributed by atoms with Gasteiger partial charge in [0.05, 0.1) is 0 Å². The van der Waals surface area contributed by atoms with Crippen LogP contribution in [0.3, 0.4) is 0 Å². The van der Waals surface area contributed by atoms with Crippen molar-refractivity contribution < 1.29 is 9.18 Å². The molecule has 1 N–H and O–H groups in total. The van der Waals surface area contributed by atoms with E-state index in [-0.39, 0.29) is 23.1 Å². The molecule has 1 aliphatic heterocycles. The van der Waals surface area contributed by atoms with Crippen molar-refractivity contribution in [2.45, 2.75) is 25.8 Å². The lowest BCUT2D eigenvalue weighted by Crippen LogP contribution is -2.35. The van der Waals surface area contributed by atoms with E-state index in [1.54, 1.807) is 12.1 Å². The smallest absolute Gasteiger partial charge is 0.228 e. The first kappa shape index (κ1) is 17.5. The molecule has 1 amide bonds. The number of rotatable bonds is 4. The third-order valence-corrected chi connectivity index (χ3v) is 5.98. The summed E-state index contributed by atoms with van der Waals surface area (Å²) in [5, 5.41) is 3.64. The number of piperidine rings is 1. The van der Waals surface area contributed by atoms with E-state index < -0.39 is 0 Å². The first-order valence-electron chi connectivity index (χ1n) is 9.07. The van der Waals surface area contributed by atoms with E-state index >= 15 is 0 Å². The van der Waals surface area contributed by atoms with Crippen LogP contribution in [0.25, 0.3) is 0 Å². The van der Waals surface area contributed by atoms with Gasteiger partial charge in [0.2, 0.25) is 5.91 Å². The number of nitrogens with one attached hydrogen (secondary N) is 1. The maximum Gasteiger partial charge on any atom is 0.228 e. The summed E-state index contributed by atoms with van der Waals surface area (Å²) in [5.74, 6) is -0.249. The molecule has 2 fully saturated rings. The number of carbonyl (C=O) groups excluding carboxylic acids is 1. The van der Waals surface area contributed by atoms with Crippen molar-refractivity contribution in [1.29, 1.82) is 0 Å². The number of likely N-dealkylation sites (tertiary alicyclic amines) is 1. The molecule has 136 valence electrons. The van der Waals surface area contributed by atoms with Crippen LogP contribution in [0.15, 0.2) is 48.5 Å². The van der Waals surface area contributed by atoms with E-state index in [2.05, 4.69) is 16.3 Å². The normalized spacial score (nSPS) is 21.5. The third kappa shape index (κ3) is 3.76. The maximum atomic E-state index is 13.3. The fourth-order valence-electron chi connectivity index (χ4n) is 4.12. The lowest BCUT2D eigenvalue weighted by molar-refractivity contribution is -0.118. The summed E-state index contributed by atoms with van der Waals surface area (Å²) in [4.78, 5) is 14.9. The van der Waals surface area contributed by atoms with Gasteiger partial charge >= 0.3 is 0 Å². The van der Waals surface area contributed by atoms with Crippen molar-refractivity contribution >= 4 is 23.2 Å². The van der Waals surface area contributed by atoms with Crippen molar-refractivity contribution in [3.8, 4) is 0 Å². The Morgan fingerprint density at radius 3 is 2.69 bits per heavy atom. The van der Waals surface area contributed by atoms with Crippen LogP contribution in [0.1, 0.15) is 24.8 Å². The monoisotopic (exact) mass is 372 g/mol. The van der Waals surface area contributed by atoms with Crippen LogP contribution >= 0.6 is 11.6 Å². The standard InChI is InChI=1S/C21H22ClFN2O/c22-16-4-1-3-15(11-16)14-25-9-7-21(8-10-25)13-19(21)20(26)24-18-6-2-5-17(23)12-18/h1-6,11-12,19H,7-10,13-14H2,(H,24,26). The second kappa shape index (κ2) is 7.01. The Morgan fingerprint density at radius 1 is 1.19 bits per heavy atom. The Morgan fingerprint density at radius 2 is 1.96 bits per heavy atom. The average molecular weight is 373 g/mol. The molecule has 1 heterocycles. The molecule has 2 aromatic rings. The van der Waals surface area contributed by atoms with Gasteiger partial charge < -0.3 is 5.32 Å². The summed E-state index contributed by atoms with van der Waals surface area (Å²) in [7, 11) is 0. The molecule has 1 saturated carbocycles. The zero-order valence-electron chi connectivity index (χ0n) is 14.6. The molecular formula is C21H22ClFN2O. The van der Waals surface area contributed by atoms with Crippen LogP contribution in [0.4, 0.5) is 10.1 Å². The van der Waals surface area contributed by atoms with Gasteiger partial charge in [0.25, 0.3) is 0 Å². The van der Waals surface area contributed by atoms with Gasteiger partial charge in [-0.3, -0.25) is 9.69 Å². The molecule has 1 atom stereocenters. The maximum absolute atomic E-state index is 13.3. The van der Waals surface area contributed by atoms with Crippen LogP contribution in [-0.2, 0) is 11.3 Å². The summed E-state index contributed by atoms with van der Waals surface area (Å²) < 4.78 is 13.3. The highest BCUT2D eigenvalue weighted by atomic mass is 35.5. The number of benzene rings is 2. The van der Waals surface area contributed by atoms with Gasteiger partial charge in [-0.25, -0.2) is 4.39 Å². The lowest BCUT2D eigenvalue weighted by Gasteiger charge is -2.32. The van der Waals surface area contributed by atoms with Gasteiger partial charge in [0.1, 0.15) is 5.82 Å². The van der Waals surface area contributed by atoms with Gasteiger partial charge in [0, 0.05) is 23.2 Å². The Bertz CT molecular complexity index is 817. The van der Waals surface area contributed by atoms with E-state index in [9.17, 15) is 9.18 Å². The molecule has 26 heavy (non-hydrogen) atoms. The van der Waals surface area contributed by atoms with Crippen molar-refractivity contribution in [2.24, 2.45) is 11.3 Å². The molecule has 2 aromatic carbocycles. The van der Waals surface area contributed by atoms with Gasteiger partial charge in [0.15, 0.2) is 0 Å². The number of anilines is 1. The molecule has 0 aromatic heterocycles. The highest BCUT2D eigenvalue weighted by molar-refractivity contribution is 6.30. The van der Waals surface area contributed by atoms with Crippen LogP contribution in [-0.4, -0.2) is 23.9 Å². The molecule has 1 aliphatic carbocycles. The van der Waals surface area contributed by atoms with Crippen LogP contribution in [0.5, 0.6) is 0 Å². The van der Waals surface area contributed by atoms with Gasteiger partial charge in [-0.05, 0) is 73.7 Å². The zero-order valence-corrected chi connectivity index (χ0v) is 15.3. The first-order chi connectivity index (χ1) is 12.5. The third-order valence-electron chi connectivity index (χ3n) is 5.75. The molecule has 0 bridgehead atoms. The number of halogens is 2. The topological polar surface area (TPSA) is 32.3 Å². The summed E-state index contributed by atoms with van der Waals surface area (Å²) in [6, 6.07) is 14.1. The van der Waals surface area contributed by atoms with Gasteiger partial charge in [-0.1, -0.05) is 29.8 Å². The number of carbonyl (C=O) groups is 1. The number of nitrogens with zero attached hydrogens (tertiary/aromatic N) is 1. The number of hydrogen-bond donors (Lipinski definition) is 1. The summed E-state index contributed by atoms with van der Waals surface area (Å²) >= 11 is 6.06. The predicted octanol–water partition coefficient (Wildman–Crippen LogP) is 4.72. The molecule has 4 rings (SSSR count). The molecule has 2 aliphatic rings. The lowest BCUT2D eigenvalue weighted by atomic mass is 9.90. The minimum absolute atomic E-state index is 0.0268. The van der Waals surface area contributed by atoms with Crippen molar-refractivity contribution in [3.63, 3.8) is 0 Å². The average Bonchev–Trinajstić information content (AvgIpc) is 3.31. The molecule has 0 radical (unpaired) electrons. The number of hydrogen-bond acceptors (Lipinski definition) is 2. The quantitative estimate of drug-likeness (QED) is 0.842. The molecule has 3 nitrogen and oxygen atoms in total. The highest BCUT2D eigenvalue weighted by Crippen LogP contribution is 2.59. The van der Waals surface area contributed by atoms with Crippen molar-refractivity contribution in [2.75, 3.05) is 18.4 Å². The number of amides is 1. The van der Waals surface area contributed by atoms with Crippen LogP contribution in [0.2, 0.25) is 5.02 Å². The Hall–Kier alpha value is -1.91. The van der Waals surface area contributed by atoms with Crippen molar-refractivity contribution in [1.82, 2.24) is 4.90 Å². The molecule has 1 saturated heterocycles. The van der Waals surface area contributed by atoms with E-state index in [1.807, 2.05) is 18.2 Å². The van der Waals surface area contributed by atoms with E-state index in [1.165, 1.54) is 17.7 Å². The zero-order chi connectivity index (χ0) is 18.1. The molecule has 1 unspecified atom stereocenters. The van der Waals surface area contributed by atoms with E-state index in [0.29, 0.717) is 5.69 Å². The second-order valence-electron chi connectivity index (χ2n) is 7.52. The molecular weight excluding hydrogens is 351 g/mol. The minimum atomic E-state index is -0.331. The van der Waals surface area contributed by atoms with Crippen LogP contribution in [0, 0.1) is 17.2 Å². The molecule has 1 spiro atoms. The second-order valence-corrected chi connectivity index (χ2v) is 7.96. The highest BCUT2D eigenvalue weighted by Gasteiger charge is 2.58. The molecule has 5 heteroatoms. The van der Waals surface area contributed by atoms with Crippen LogP contribution < -0.4 is 5.32 Å². The Kier molecular flexibility index (Phi) is 4.72. The Labute approximate surface area is 158 Å². The van der Waals surface area contributed by atoms with Crippen molar-refractivity contribution in [3.05, 3.63) is 64.9 Å². The van der Waals surface area contributed by atoms with Gasteiger partial charge in [-0.2, -0.15) is 0 Å². The summed E-state index contributed by atoms with van der Waals surface area (Å²) in [5.41, 5.74) is 1.91. The SMILES string of the molecule is O=C(Nc1cccc(F)c1)C1CC12CCN(Cc1cccc(Cl)c1)CC2. The Balaban J connectivity index is 1.30. The predicted molar refractivity (Wildman–Crippen MR) is 102 cm³/mol. The first-order valence-corrected chi connectivity index (χ1v) is 9.45.